The zero-order valence-electron chi connectivity index (χ0n) is 13.3. The number of likely N-dealkylation sites (tertiary alicyclic amines) is 1. The van der Waals surface area contributed by atoms with E-state index >= 15 is 0 Å². The highest BCUT2D eigenvalue weighted by Crippen LogP contribution is 2.24. The molecule has 4 heteroatoms. The van der Waals surface area contributed by atoms with Crippen LogP contribution in [-0.4, -0.2) is 30.1 Å². The molecule has 1 aliphatic heterocycles. The fourth-order valence-corrected chi connectivity index (χ4v) is 3.27. The maximum Gasteiger partial charge on any atom is 0.0465 e. The van der Waals surface area contributed by atoms with Gasteiger partial charge in [-0.3, -0.25) is 4.90 Å². The number of nitrogens with one attached hydrogen (secondary N) is 1. The zero-order valence-corrected chi connectivity index (χ0v) is 14.8. The second-order valence-corrected chi connectivity index (χ2v) is 7.95. The summed E-state index contributed by atoms with van der Waals surface area (Å²) in [6.07, 6.45) is 2.58. The Morgan fingerprint density at radius 2 is 2.05 bits per heavy atom. The van der Waals surface area contributed by atoms with Crippen LogP contribution in [0.25, 0.3) is 0 Å². The fraction of sp³-hybridized carbons (Fsp3) is 0.647. The molecule has 0 bridgehead atoms. The van der Waals surface area contributed by atoms with Gasteiger partial charge in [-0.25, -0.2) is 0 Å². The Morgan fingerprint density at radius 1 is 1.29 bits per heavy atom. The highest BCUT2D eigenvalue weighted by Gasteiger charge is 2.22. The van der Waals surface area contributed by atoms with Crippen LogP contribution >= 0.6 is 23.2 Å². The number of hydrogen-bond acceptors (Lipinski definition) is 2. The highest BCUT2D eigenvalue weighted by atomic mass is 35.5. The fourth-order valence-electron chi connectivity index (χ4n) is 2.80. The molecular formula is C17H26Cl2N2. The topological polar surface area (TPSA) is 15.3 Å². The summed E-state index contributed by atoms with van der Waals surface area (Å²) in [4.78, 5) is 2.51. The molecule has 0 spiro atoms. The van der Waals surface area contributed by atoms with Crippen molar-refractivity contribution in [1.29, 1.82) is 0 Å². The summed E-state index contributed by atoms with van der Waals surface area (Å²) in [7, 11) is 0. The number of rotatable bonds is 4. The zero-order chi connectivity index (χ0) is 15.5. The van der Waals surface area contributed by atoms with E-state index in [4.69, 9.17) is 23.2 Å². The lowest BCUT2D eigenvalue weighted by Gasteiger charge is -2.34. The summed E-state index contributed by atoms with van der Waals surface area (Å²) in [5.74, 6) is 0.726. The van der Waals surface area contributed by atoms with E-state index in [1.54, 1.807) is 0 Å². The first kappa shape index (κ1) is 17.1. The molecule has 0 aliphatic carbocycles. The lowest BCUT2D eigenvalue weighted by atomic mass is 9.96. The maximum absolute atomic E-state index is 6.28. The van der Waals surface area contributed by atoms with Crippen LogP contribution in [0, 0.1) is 5.92 Å². The molecule has 1 saturated heterocycles. The van der Waals surface area contributed by atoms with Gasteiger partial charge in [-0.1, -0.05) is 29.3 Å². The van der Waals surface area contributed by atoms with Crippen LogP contribution in [0.1, 0.15) is 39.2 Å². The predicted octanol–water partition coefficient (Wildman–Crippen LogP) is 4.59. The van der Waals surface area contributed by atoms with Crippen LogP contribution < -0.4 is 5.32 Å². The molecule has 0 saturated carbocycles. The van der Waals surface area contributed by atoms with Crippen LogP contribution in [0.2, 0.25) is 10.0 Å². The van der Waals surface area contributed by atoms with Crippen molar-refractivity contribution < 1.29 is 0 Å². The third-order valence-electron chi connectivity index (χ3n) is 3.93. The molecule has 0 amide bonds. The van der Waals surface area contributed by atoms with Crippen molar-refractivity contribution in [3.63, 3.8) is 0 Å². The van der Waals surface area contributed by atoms with E-state index in [2.05, 4.69) is 31.0 Å². The predicted molar refractivity (Wildman–Crippen MR) is 92.2 cm³/mol. The van der Waals surface area contributed by atoms with Crippen molar-refractivity contribution in [3.8, 4) is 0 Å². The van der Waals surface area contributed by atoms with Crippen LogP contribution in [0.3, 0.4) is 0 Å². The molecule has 2 rings (SSSR count). The van der Waals surface area contributed by atoms with Crippen LogP contribution in [0.15, 0.2) is 18.2 Å². The summed E-state index contributed by atoms with van der Waals surface area (Å²) in [6.45, 7) is 11.0. The SMILES string of the molecule is CC(C)(C)NCC1CCCN(Cc2ccc(Cl)cc2Cl)C1. The van der Waals surface area contributed by atoms with E-state index in [0.717, 1.165) is 37.1 Å². The molecule has 1 aromatic carbocycles. The number of hydrogen-bond donors (Lipinski definition) is 1. The monoisotopic (exact) mass is 328 g/mol. The normalized spacial score (nSPS) is 20.7. The third kappa shape index (κ3) is 5.78. The van der Waals surface area contributed by atoms with Gasteiger partial charge in [0.05, 0.1) is 0 Å². The Labute approximate surface area is 138 Å². The van der Waals surface area contributed by atoms with E-state index in [1.165, 1.54) is 18.4 Å². The van der Waals surface area contributed by atoms with Gasteiger partial charge in [-0.15, -0.1) is 0 Å². The molecule has 1 fully saturated rings. The molecule has 1 atom stereocenters. The van der Waals surface area contributed by atoms with E-state index in [1.807, 2.05) is 18.2 Å². The van der Waals surface area contributed by atoms with E-state index in [9.17, 15) is 0 Å². The quantitative estimate of drug-likeness (QED) is 0.869. The van der Waals surface area contributed by atoms with Crippen LogP contribution in [-0.2, 0) is 6.54 Å². The van der Waals surface area contributed by atoms with Gasteiger partial charge < -0.3 is 5.32 Å². The van der Waals surface area contributed by atoms with Crippen molar-refractivity contribution in [2.75, 3.05) is 19.6 Å². The molecule has 0 aromatic heterocycles. The summed E-state index contributed by atoms with van der Waals surface area (Å²) >= 11 is 12.2. The molecule has 1 heterocycles. The van der Waals surface area contributed by atoms with E-state index in [-0.39, 0.29) is 5.54 Å². The number of benzene rings is 1. The van der Waals surface area contributed by atoms with Gasteiger partial charge in [0.1, 0.15) is 0 Å². The van der Waals surface area contributed by atoms with Gasteiger partial charge in [-0.2, -0.15) is 0 Å². The third-order valence-corrected chi connectivity index (χ3v) is 4.52. The summed E-state index contributed by atoms with van der Waals surface area (Å²) in [5, 5.41) is 5.10. The lowest BCUT2D eigenvalue weighted by Crippen LogP contribution is -2.44. The lowest BCUT2D eigenvalue weighted by molar-refractivity contribution is 0.160. The molecule has 1 aromatic rings. The molecule has 0 radical (unpaired) electrons. The van der Waals surface area contributed by atoms with Gasteiger partial charge in [-0.05, 0) is 70.3 Å². The molecule has 2 nitrogen and oxygen atoms in total. The first-order valence-electron chi connectivity index (χ1n) is 7.75. The Balaban J connectivity index is 1.89. The van der Waals surface area contributed by atoms with Crippen molar-refractivity contribution in [3.05, 3.63) is 33.8 Å². The maximum atomic E-state index is 6.28. The first-order chi connectivity index (χ1) is 9.83. The van der Waals surface area contributed by atoms with Crippen molar-refractivity contribution in [2.24, 2.45) is 5.92 Å². The van der Waals surface area contributed by atoms with E-state index in [0.29, 0.717) is 5.02 Å². The van der Waals surface area contributed by atoms with Gasteiger partial charge in [0, 0.05) is 28.7 Å². The van der Waals surface area contributed by atoms with Gasteiger partial charge in [0.25, 0.3) is 0 Å². The molecule has 118 valence electrons. The molecule has 1 N–H and O–H groups in total. The highest BCUT2D eigenvalue weighted by molar-refractivity contribution is 6.35. The minimum Gasteiger partial charge on any atom is -0.312 e. The van der Waals surface area contributed by atoms with Gasteiger partial charge in [0.15, 0.2) is 0 Å². The first-order valence-corrected chi connectivity index (χ1v) is 8.50. The molecule has 1 unspecified atom stereocenters. The molecular weight excluding hydrogens is 303 g/mol. The Hall–Kier alpha value is -0.280. The van der Waals surface area contributed by atoms with Crippen LogP contribution in [0.4, 0.5) is 0 Å². The van der Waals surface area contributed by atoms with Crippen molar-refractivity contribution >= 4 is 23.2 Å². The average molecular weight is 329 g/mol. The smallest absolute Gasteiger partial charge is 0.0465 e. The number of piperidine rings is 1. The van der Waals surface area contributed by atoms with Crippen molar-refractivity contribution in [2.45, 2.75) is 45.7 Å². The van der Waals surface area contributed by atoms with Crippen molar-refractivity contribution in [1.82, 2.24) is 10.2 Å². The summed E-state index contributed by atoms with van der Waals surface area (Å²) in [5.41, 5.74) is 1.37. The molecule has 21 heavy (non-hydrogen) atoms. The minimum atomic E-state index is 0.196. The Morgan fingerprint density at radius 3 is 2.71 bits per heavy atom. The minimum absolute atomic E-state index is 0.196. The second kappa shape index (κ2) is 7.32. The number of halogens is 2. The standard InChI is InChI=1S/C17H26Cl2N2/c1-17(2,3)20-10-13-5-4-8-21(11-13)12-14-6-7-15(18)9-16(14)19/h6-7,9,13,20H,4-5,8,10-12H2,1-3H3. The van der Waals surface area contributed by atoms with E-state index < -0.39 is 0 Å². The average Bonchev–Trinajstić information content (AvgIpc) is 2.39. The summed E-state index contributed by atoms with van der Waals surface area (Å²) in [6, 6.07) is 5.80. The number of nitrogens with zero attached hydrogens (tertiary/aromatic N) is 1. The molecule has 1 aliphatic rings. The second-order valence-electron chi connectivity index (χ2n) is 7.11. The van der Waals surface area contributed by atoms with Crippen LogP contribution in [0.5, 0.6) is 0 Å². The van der Waals surface area contributed by atoms with Gasteiger partial charge >= 0.3 is 0 Å². The Bertz CT molecular complexity index is 468. The Kier molecular flexibility index (Phi) is 5.96. The van der Waals surface area contributed by atoms with Gasteiger partial charge in [0.2, 0.25) is 0 Å². The summed E-state index contributed by atoms with van der Waals surface area (Å²) < 4.78 is 0. The largest absolute Gasteiger partial charge is 0.312 e.